The first-order valence-corrected chi connectivity index (χ1v) is 7.89. The number of aromatic nitrogens is 1. The minimum Gasteiger partial charge on any atom is -0.360 e. The monoisotopic (exact) mass is 327 g/mol. The van der Waals surface area contributed by atoms with E-state index in [0.29, 0.717) is 23.7 Å². The fourth-order valence-electron chi connectivity index (χ4n) is 1.84. The van der Waals surface area contributed by atoms with Crippen molar-refractivity contribution in [1.82, 2.24) is 10.3 Å². The van der Waals surface area contributed by atoms with Crippen molar-refractivity contribution in [2.24, 2.45) is 5.92 Å². The van der Waals surface area contributed by atoms with Gasteiger partial charge in [-0.1, -0.05) is 31.3 Å². The number of hydrogen-bond donors (Lipinski definition) is 2. The van der Waals surface area contributed by atoms with E-state index in [1.807, 2.05) is 13.8 Å². The molecule has 120 valence electrons. The smallest absolute Gasteiger partial charge is 0.270 e. The van der Waals surface area contributed by atoms with E-state index in [1.165, 1.54) is 23.5 Å². The van der Waals surface area contributed by atoms with Crippen LogP contribution in [0.3, 0.4) is 0 Å². The number of hydrogen-bond acceptors (Lipinski definition) is 4. The van der Waals surface area contributed by atoms with Crippen molar-refractivity contribution in [3.63, 3.8) is 0 Å². The number of fused-ring (bicyclic) bond motifs is 1. The summed E-state index contributed by atoms with van der Waals surface area (Å²) in [7, 11) is 0. The molecule has 0 fully saturated rings. The van der Waals surface area contributed by atoms with Crippen molar-refractivity contribution in [2.45, 2.75) is 26.7 Å². The van der Waals surface area contributed by atoms with Gasteiger partial charge in [-0.05, 0) is 12.1 Å². The van der Waals surface area contributed by atoms with Gasteiger partial charge in [0, 0.05) is 31.5 Å². The summed E-state index contributed by atoms with van der Waals surface area (Å²) < 4.78 is 27.4. The standard InChI is InChI=1S/C15H19F2N3OS/c1-9(2)13(21)18-6-7-19-14-20-11-8-10(15(3,16)17)4-5-12(11)22-14/h4-5,8-9H,6-7H2,1-3H3,(H,18,21)(H,19,20). The third-order valence-electron chi connectivity index (χ3n) is 3.12. The van der Waals surface area contributed by atoms with Gasteiger partial charge in [0.2, 0.25) is 5.91 Å². The number of thiazole rings is 1. The number of amides is 1. The van der Waals surface area contributed by atoms with Gasteiger partial charge in [-0.2, -0.15) is 0 Å². The highest BCUT2D eigenvalue weighted by molar-refractivity contribution is 7.22. The van der Waals surface area contributed by atoms with Crippen molar-refractivity contribution < 1.29 is 13.6 Å². The largest absolute Gasteiger partial charge is 0.360 e. The van der Waals surface area contributed by atoms with Gasteiger partial charge in [-0.3, -0.25) is 4.79 Å². The minimum atomic E-state index is -2.87. The molecule has 0 radical (unpaired) electrons. The average Bonchev–Trinajstić information content (AvgIpc) is 2.83. The number of rotatable bonds is 6. The lowest BCUT2D eigenvalue weighted by atomic mass is 10.1. The summed E-state index contributed by atoms with van der Waals surface area (Å²) in [6, 6.07) is 4.50. The lowest BCUT2D eigenvalue weighted by Gasteiger charge is -2.09. The Bertz CT molecular complexity index is 664. The number of carbonyl (C=O) groups is 1. The summed E-state index contributed by atoms with van der Waals surface area (Å²) in [4.78, 5) is 15.7. The van der Waals surface area contributed by atoms with Crippen LogP contribution in [0, 0.1) is 5.92 Å². The molecule has 0 saturated heterocycles. The van der Waals surface area contributed by atoms with Crippen LogP contribution in [0.15, 0.2) is 18.2 Å². The fourth-order valence-corrected chi connectivity index (χ4v) is 2.71. The Morgan fingerprint density at radius 3 is 2.73 bits per heavy atom. The van der Waals surface area contributed by atoms with Crippen LogP contribution in [-0.4, -0.2) is 24.0 Å². The van der Waals surface area contributed by atoms with Gasteiger partial charge in [0.05, 0.1) is 10.2 Å². The van der Waals surface area contributed by atoms with E-state index in [2.05, 4.69) is 15.6 Å². The van der Waals surface area contributed by atoms with Crippen molar-refractivity contribution in [3.8, 4) is 0 Å². The van der Waals surface area contributed by atoms with Crippen molar-refractivity contribution >= 4 is 32.6 Å². The molecule has 0 unspecified atom stereocenters. The molecule has 0 aliphatic carbocycles. The predicted octanol–water partition coefficient (Wildman–Crippen LogP) is 3.59. The van der Waals surface area contributed by atoms with Gasteiger partial charge in [0.25, 0.3) is 5.92 Å². The Morgan fingerprint density at radius 2 is 2.09 bits per heavy atom. The number of carbonyl (C=O) groups excluding carboxylic acids is 1. The van der Waals surface area contributed by atoms with E-state index in [0.717, 1.165) is 11.6 Å². The Kier molecular flexibility index (Phi) is 4.95. The molecule has 2 N–H and O–H groups in total. The molecule has 4 nitrogen and oxygen atoms in total. The third kappa shape index (κ3) is 4.13. The van der Waals surface area contributed by atoms with Gasteiger partial charge < -0.3 is 10.6 Å². The van der Waals surface area contributed by atoms with Crippen molar-refractivity contribution in [1.29, 1.82) is 0 Å². The maximum Gasteiger partial charge on any atom is 0.270 e. The predicted molar refractivity (Wildman–Crippen MR) is 85.5 cm³/mol. The highest BCUT2D eigenvalue weighted by Gasteiger charge is 2.24. The SMILES string of the molecule is CC(C)C(=O)NCCNc1nc2cc(C(C)(F)F)ccc2s1. The first-order valence-electron chi connectivity index (χ1n) is 7.08. The summed E-state index contributed by atoms with van der Waals surface area (Å²) in [6.45, 7) is 5.56. The number of nitrogens with zero attached hydrogens (tertiary/aromatic N) is 1. The molecule has 2 aromatic rings. The van der Waals surface area contributed by atoms with E-state index in [4.69, 9.17) is 0 Å². The van der Waals surface area contributed by atoms with Crippen LogP contribution in [-0.2, 0) is 10.7 Å². The van der Waals surface area contributed by atoms with Crippen LogP contribution in [0.5, 0.6) is 0 Å². The maximum atomic E-state index is 13.3. The van der Waals surface area contributed by atoms with E-state index in [1.54, 1.807) is 6.07 Å². The summed E-state index contributed by atoms with van der Waals surface area (Å²) in [5, 5.41) is 6.54. The van der Waals surface area contributed by atoms with Crippen LogP contribution in [0.2, 0.25) is 0 Å². The molecular formula is C15H19F2N3OS. The summed E-state index contributed by atoms with van der Waals surface area (Å²) in [5.74, 6) is -2.91. The zero-order chi connectivity index (χ0) is 16.3. The van der Waals surface area contributed by atoms with Gasteiger partial charge in [0.1, 0.15) is 0 Å². The molecule has 2 rings (SSSR count). The van der Waals surface area contributed by atoms with Crippen molar-refractivity contribution in [3.05, 3.63) is 23.8 Å². The fraction of sp³-hybridized carbons (Fsp3) is 0.467. The van der Waals surface area contributed by atoms with Crippen LogP contribution in [0.4, 0.5) is 13.9 Å². The highest BCUT2D eigenvalue weighted by atomic mass is 32.1. The lowest BCUT2D eigenvalue weighted by molar-refractivity contribution is -0.123. The van der Waals surface area contributed by atoms with Crippen molar-refractivity contribution in [2.75, 3.05) is 18.4 Å². The number of benzene rings is 1. The number of nitrogens with one attached hydrogen (secondary N) is 2. The molecule has 0 saturated carbocycles. The van der Waals surface area contributed by atoms with Crippen LogP contribution < -0.4 is 10.6 Å². The molecule has 1 heterocycles. The molecule has 1 aromatic carbocycles. The Hall–Kier alpha value is -1.76. The first-order chi connectivity index (χ1) is 10.3. The second-order valence-electron chi connectivity index (χ2n) is 5.46. The van der Waals surface area contributed by atoms with Crippen LogP contribution >= 0.6 is 11.3 Å². The normalized spacial score (nSPS) is 11.9. The second kappa shape index (κ2) is 6.56. The van der Waals surface area contributed by atoms with E-state index in [9.17, 15) is 13.6 Å². The molecule has 0 bridgehead atoms. The molecular weight excluding hydrogens is 308 g/mol. The zero-order valence-corrected chi connectivity index (χ0v) is 13.6. The first kappa shape index (κ1) is 16.6. The Morgan fingerprint density at radius 1 is 1.36 bits per heavy atom. The topological polar surface area (TPSA) is 54.0 Å². The summed E-state index contributed by atoms with van der Waals surface area (Å²) in [5.41, 5.74) is 0.513. The lowest BCUT2D eigenvalue weighted by Crippen LogP contribution is -2.31. The van der Waals surface area contributed by atoms with Gasteiger partial charge in [-0.15, -0.1) is 0 Å². The Labute approximate surface area is 131 Å². The number of anilines is 1. The maximum absolute atomic E-state index is 13.3. The number of alkyl halides is 2. The third-order valence-corrected chi connectivity index (χ3v) is 4.11. The average molecular weight is 327 g/mol. The van der Waals surface area contributed by atoms with Crippen LogP contribution in [0.1, 0.15) is 26.3 Å². The summed E-state index contributed by atoms with van der Waals surface area (Å²) >= 11 is 1.40. The molecule has 22 heavy (non-hydrogen) atoms. The highest BCUT2D eigenvalue weighted by Crippen LogP contribution is 2.32. The quantitative estimate of drug-likeness (QED) is 0.797. The summed E-state index contributed by atoms with van der Waals surface area (Å²) in [6.07, 6.45) is 0. The zero-order valence-electron chi connectivity index (χ0n) is 12.7. The molecule has 1 aromatic heterocycles. The van der Waals surface area contributed by atoms with E-state index < -0.39 is 5.92 Å². The van der Waals surface area contributed by atoms with E-state index in [-0.39, 0.29) is 17.4 Å². The van der Waals surface area contributed by atoms with Crippen LogP contribution in [0.25, 0.3) is 10.2 Å². The second-order valence-corrected chi connectivity index (χ2v) is 6.49. The van der Waals surface area contributed by atoms with Gasteiger partial charge in [0.15, 0.2) is 5.13 Å². The molecule has 0 spiro atoms. The molecule has 1 amide bonds. The molecule has 0 atom stereocenters. The minimum absolute atomic E-state index is 0.000851. The van der Waals surface area contributed by atoms with Gasteiger partial charge >= 0.3 is 0 Å². The molecule has 7 heteroatoms. The Balaban J connectivity index is 1.97. The van der Waals surface area contributed by atoms with Gasteiger partial charge in [-0.25, -0.2) is 13.8 Å². The molecule has 0 aliphatic rings. The number of halogens is 2. The molecule has 0 aliphatic heterocycles. The van der Waals surface area contributed by atoms with E-state index >= 15 is 0 Å².